The summed E-state index contributed by atoms with van der Waals surface area (Å²) in [5.41, 5.74) is 3.01. The maximum Gasteiger partial charge on any atom is 0.160 e. The van der Waals surface area contributed by atoms with E-state index < -0.39 is 0 Å². The van der Waals surface area contributed by atoms with Crippen molar-refractivity contribution in [3.8, 4) is 0 Å². The molecule has 2 N–H and O–H groups in total. The number of dihydropyridines is 1. The first-order valence-corrected chi connectivity index (χ1v) is 5.23. The molecule has 80 valence electrons. The standard InChI is InChI=1S/C13H11NO2/c15-10-1-3-12-8(6-10)5-9-7-11(16)2-4-13(9)14-12/h1-6,12,14-15H,7H2. The smallest absolute Gasteiger partial charge is 0.160 e. The zero-order valence-corrected chi connectivity index (χ0v) is 8.60. The summed E-state index contributed by atoms with van der Waals surface area (Å²) < 4.78 is 0. The van der Waals surface area contributed by atoms with Crippen LogP contribution in [0.1, 0.15) is 6.42 Å². The van der Waals surface area contributed by atoms with E-state index in [1.54, 1.807) is 18.2 Å². The van der Waals surface area contributed by atoms with Gasteiger partial charge in [0, 0.05) is 12.1 Å². The molecule has 0 radical (unpaired) electrons. The number of aliphatic hydroxyl groups excluding tert-OH is 1. The minimum Gasteiger partial charge on any atom is -0.508 e. The monoisotopic (exact) mass is 213 g/mol. The van der Waals surface area contributed by atoms with Crippen LogP contribution in [0, 0.1) is 0 Å². The minimum absolute atomic E-state index is 0.104. The van der Waals surface area contributed by atoms with E-state index in [9.17, 15) is 9.90 Å². The lowest BCUT2D eigenvalue weighted by Gasteiger charge is -2.28. The molecule has 0 bridgehead atoms. The fraction of sp³-hybridized carbons (Fsp3) is 0.154. The predicted molar refractivity (Wildman–Crippen MR) is 60.6 cm³/mol. The number of carbonyl (C=O) groups is 1. The van der Waals surface area contributed by atoms with Gasteiger partial charge in [-0.2, -0.15) is 0 Å². The summed E-state index contributed by atoms with van der Waals surface area (Å²) in [6.45, 7) is 0. The summed E-state index contributed by atoms with van der Waals surface area (Å²) in [5.74, 6) is 0.376. The lowest BCUT2D eigenvalue weighted by Crippen LogP contribution is -2.33. The highest BCUT2D eigenvalue weighted by Gasteiger charge is 2.23. The van der Waals surface area contributed by atoms with Crippen LogP contribution in [0.2, 0.25) is 0 Å². The van der Waals surface area contributed by atoms with Crippen LogP contribution in [0.4, 0.5) is 0 Å². The van der Waals surface area contributed by atoms with E-state index >= 15 is 0 Å². The van der Waals surface area contributed by atoms with Gasteiger partial charge in [-0.3, -0.25) is 4.79 Å². The molecule has 1 aliphatic heterocycles. The molecule has 0 aromatic heterocycles. The third-order valence-corrected chi connectivity index (χ3v) is 2.93. The van der Waals surface area contributed by atoms with E-state index in [0.29, 0.717) is 6.42 Å². The molecule has 0 spiro atoms. The van der Waals surface area contributed by atoms with Gasteiger partial charge in [-0.15, -0.1) is 0 Å². The zero-order chi connectivity index (χ0) is 11.1. The Balaban J connectivity index is 2.02. The lowest BCUT2D eigenvalue weighted by molar-refractivity contribution is -0.114. The van der Waals surface area contributed by atoms with Crippen molar-refractivity contribution < 1.29 is 9.90 Å². The Bertz CT molecular complexity index is 518. The van der Waals surface area contributed by atoms with Crippen LogP contribution in [-0.2, 0) is 4.79 Å². The van der Waals surface area contributed by atoms with E-state index in [1.165, 1.54) is 0 Å². The average Bonchev–Trinajstić information content (AvgIpc) is 2.26. The molecule has 0 saturated carbocycles. The molecule has 3 aliphatic rings. The molecule has 3 rings (SSSR count). The second-order valence-corrected chi connectivity index (χ2v) is 4.11. The third kappa shape index (κ3) is 1.41. The van der Waals surface area contributed by atoms with Gasteiger partial charge in [-0.25, -0.2) is 0 Å². The Morgan fingerprint density at radius 3 is 3.00 bits per heavy atom. The van der Waals surface area contributed by atoms with Crippen molar-refractivity contribution in [3.05, 3.63) is 59.1 Å². The largest absolute Gasteiger partial charge is 0.508 e. The van der Waals surface area contributed by atoms with Crippen molar-refractivity contribution in [2.45, 2.75) is 12.5 Å². The van der Waals surface area contributed by atoms with Gasteiger partial charge in [0.25, 0.3) is 0 Å². The van der Waals surface area contributed by atoms with Crippen LogP contribution < -0.4 is 5.32 Å². The Hall–Kier alpha value is -2.03. The molecule has 0 aromatic carbocycles. The second-order valence-electron chi connectivity index (χ2n) is 4.11. The van der Waals surface area contributed by atoms with E-state index in [4.69, 9.17) is 0 Å². The highest BCUT2D eigenvalue weighted by Crippen LogP contribution is 2.27. The quantitative estimate of drug-likeness (QED) is 0.643. The Labute approximate surface area is 93.2 Å². The maximum atomic E-state index is 11.3. The van der Waals surface area contributed by atoms with Gasteiger partial charge in [0.1, 0.15) is 5.76 Å². The third-order valence-electron chi connectivity index (χ3n) is 2.93. The molecule has 0 aromatic rings. The van der Waals surface area contributed by atoms with Crippen molar-refractivity contribution in [1.82, 2.24) is 5.32 Å². The Kier molecular flexibility index (Phi) is 1.86. The number of allylic oxidation sites excluding steroid dienone is 5. The van der Waals surface area contributed by atoms with Gasteiger partial charge in [0.05, 0.1) is 6.04 Å². The second kappa shape index (κ2) is 3.23. The number of rotatable bonds is 0. The van der Waals surface area contributed by atoms with E-state index in [0.717, 1.165) is 16.8 Å². The van der Waals surface area contributed by atoms with Crippen LogP contribution >= 0.6 is 0 Å². The average molecular weight is 213 g/mol. The van der Waals surface area contributed by atoms with Gasteiger partial charge in [-0.05, 0) is 35.5 Å². The van der Waals surface area contributed by atoms with Crippen molar-refractivity contribution >= 4 is 5.78 Å². The van der Waals surface area contributed by atoms with Crippen LogP contribution in [0.25, 0.3) is 0 Å². The molecule has 2 aliphatic carbocycles. The first kappa shape index (κ1) is 9.21. The maximum absolute atomic E-state index is 11.3. The Morgan fingerprint density at radius 2 is 2.12 bits per heavy atom. The van der Waals surface area contributed by atoms with Crippen molar-refractivity contribution in [3.63, 3.8) is 0 Å². The van der Waals surface area contributed by atoms with Crippen LogP contribution in [0.5, 0.6) is 0 Å². The fourth-order valence-corrected chi connectivity index (χ4v) is 2.14. The first-order chi connectivity index (χ1) is 7.72. The molecule has 1 atom stereocenters. The lowest BCUT2D eigenvalue weighted by atomic mass is 9.90. The summed E-state index contributed by atoms with van der Waals surface area (Å²) in [4.78, 5) is 11.3. The van der Waals surface area contributed by atoms with E-state index in [1.807, 2.05) is 18.2 Å². The summed E-state index contributed by atoms with van der Waals surface area (Å²) in [6.07, 6.45) is 11.2. The van der Waals surface area contributed by atoms with Gasteiger partial charge >= 0.3 is 0 Å². The highest BCUT2D eigenvalue weighted by molar-refractivity contribution is 5.94. The van der Waals surface area contributed by atoms with E-state index in [2.05, 4.69) is 5.32 Å². The predicted octanol–water partition coefficient (Wildman–Crippen LogP) is 1.68. The van der Waals surface area contributed by atoms with Gasteiger partial charge in [-0.1, -0.05) is 12.2 Å². The first-order valence-electron chi connectivity index (χ1n) is 5.23. The van der Waals surface area contributed by atoms with Gasteiger partial charge < -0.3 is 10.4 Å². The van der Waals surface area contributed by atoms with Gasteiger partial charge in [0.2, 0.25) is 0 Å². The Morgan fingerprint density at radius 1 is 1.25 bits per heavy atom. The molecule has 1 unspecified atom stereocenters. The fourth-order valence-electron chi connectivity index (χ4n) is 2.14. The summed E-state index contributed by atoms with van der Waals surface area (Å²) >= 11 is 0. The van der Waals surface area contributed by atoms with Crippen molar-refractivity contribution in [2.24, 2.45) is 0 Å². The van der Waals surface area contributed by atoms with Crippen molar-refractivity contribution in [1.29, 1.82) is 0 Å². The molecule has 1 heterocycles. The highest BCUT2D eigenvalue weighted by atomic mass is 16.3. The summed E-state index contributed by atoms with van der Waals surface area (Å²) in [7, 11) is 0. The molecule has 0 fully saturated rings. The van der Waals surface area contributed by atoms with Crippen molar-refractivity contribution in [2.75, 3.05) is 0 Å². The molecular weight excluding hydrogens is 202 g/mol. The SMILES string of the molecule is O=C1C=CC2=C(C=C3C=C(O)C=CC3N2)C1. The number of ketones is 1. The van der Waals surface area contributed by atoms with Crippen LogP contribution in [0.3, 0.4) is 0 Å². The van der Waals surface area contributed by atoms with Crippen LogP contribution in [-0.4, -0.2) is 16.9 Å². The van der Waals surface area contributed by atoms with E-state index in [-0.39, 0.29) is 17.6 Å². The van der Waals surface area contributed by atoms with Crippen LogP contribution in [0.15, 0.2) is 59.1 Å². The van der Waals surface area contributed by atoms with Gasteiger partial charge in [0.15, 0.2) is 5.78 Å². The molecule has 16 heavy (non-hydrogen) atoms. The minimum atomic E-state index is 0.104. The number of carbonyl (C=O) groups excluding carboxylic acids is 1. The zero-order valence-electron chi connectivity index (χ0n) is 8.60. The number of hydrogen-bond donors (Lipinski definition) is 2. The molecular formula is C13H11NO2. The summed E-state index contributed by atoms with van der Waals surface area (Å²) in [6, 6.07) is 0.104. The molecule has 0 amide bonds. The molecule has 0 saturated heterocycles. The summed E-state index contributed by atoms with van der Waals surface area (Å²) in [5, 5.41) is 12.7. The molecule has 3 nitrogen and oxygen atoms in total. The molecule has 3 heteroatoms. The number of hydrogen-bond acceptors (Lipinski definition) is 3. The topological polar surface area (TPSA) is 49.3 Å². The normalized spacial score (nSPS) is 26.8. The number of aliphatic hydroxyl groups is 1. The number of fused-ring (bicyclic) bond motifs is 1. The number of nitrogens with one attached hydrogen (secondary N) is 1.